The Morgan fingerprint density at radius 2 is 1.75 bits per heavy atom. The number of anilines is 1. The van der Waals surface area contributed by atoms with E-state index in [1.807, 2.05) is 6.07 Å². The van der Waals surface area contributed by atoms with Crippen LogP contribution < -0.4 is 9.77 Å². The molecule has 5 nitrogen and oxygen atoms in total. The molecule has 3 aromatic rings. The van der Waals surface area contributed by atoms with Gasteiger partial charge in [-0.05, 0) is 59.9 Å². The van der Waals surface area contributed by atoms with Crippen LogP contribution in [0.25, 0.3) is 0 Å². The minimum absolute atomic E-state index is 0.0498. The zero-order chi connectivity index (χ0) is 21.7. The van der Waals surface area contributed by atoms with Gasteiger partial charge in [0.2, 0.25) is 11.8 Å². The topological polar surface area (TPSA) is 70.2 Å². The third-order valence-corrected chi connectivity index (χ3v) is 11.2. The minimum Gasteiger partial charge on any atom is -0.307 e. The van der Waals surface area contributed by atoms with Gasteiger partial charge in [0.15, 0.2) is 0 Å². The number of aromatic amines is 1. The first-order chi connectivity index (χ1) is 15.5. The predicted molar refractivity (Wildman–Crippen MR) is 122 cm³/mol. The Morgan fingerprint density at radius 1 is 1.00 bits per heavy atom. The molecule has 1 aromatic carbocycles. The number of thiophene rings is 1. The van der Waals surface area contributed by atoms with Gasteiger partial charge in [0.25, 0.3) is 0 Å². The van der Waals surface area contributed by atoms with Gasteiger partial charge in [-0.1, -0.05) is 17.4 Å². The second-order valence-corrected chi connectivity index (χ2v) is 12.1. The van der Waals surface area contributed by atoms with Crippen molar-refractivity contribution in [3.05, 3.63) is 67.0 Å². The molecule has 2 aliphatic heterocycles. The van der Waals surface area contributed by atoms with Crippen molar-refractivity contribution < 1.29 is 14.0 Å². The number of carbonyl (C=O) groups is 2. The fourth-order valence-electron chi connectivity index (χ4n) is 6.65. The Bertz CT molecular complexity index is 1310. The molecule has 9 heteroatoms. The van der Waals surface area contributed by atoms with Crippen molar-refractivity contribution in [3.8, 4) is 0 Å². The van der Waals surface area contributed by atoms with Gasteiger partial charge in [0.05, 0.1) is 22.5 Å². The zero-order valence-corrected chi connectivity index (χ0v) is 19.0. The molecule has 7 atom stereocenters. The first-order valence-electron chi connectivity index (χ1n) is 10.6. The van der Waals surface area contributed by atoms with Crippen LogP contribution in [0.2, 0.25) is 0 Å². The normalized spacial score (nSPS) is 34.7. The highest BCUT2D eigenvalue weighted by atomic mass is 32.2. The number of nitrogens with zero attached hydrogens (tertiary/aromatic N) is 1. The van der Waals surface area contributed by atoms with Gasteiger partial charge in [-0.2, -0.15) is 0 Å². The van der Waals surface area contributed by atoms with Crippen molar-refractivity contribution in [1.29, 1.82) is 0 Å². The van der Waals surface area contributed by atoms with Gasteiger partial charge >= 0.3 is 4.87 Å². The summed E-state index contributed by atoms with van der Waals surface area (Å²) in [7, 11) is 0. The lowest BCUT2D eigenvalue weighted by molar-refractivity contribution is -0.123. The second-order valence-electron chi connectivity index (χ2n) is 8.96. The number of carbonyl (C=O) groups excluding carboxylic acids is 2. The van der Waals surface area contributed by atoms with E-state index in [2.05, 4.69) is 16.4 Å². The number of hydrogen-bond donors (Lipinski definition) is 1. The van der Waals surface area contributed by atoms with E-state index in [-0.39, 0.29) is 57.4 Å². The van der Waals surface area contributed by atoms with E-state index in [4.69, 9.17) is 0 Å². The maximum absolute atomic E-state index is 13.5. The third kappa shape index (κ3) is 2.42. The highest BCUT2D eigenvalue weighted by Gasteiger charge is 2.69. The minimum atomic E-state index is -0.394. The molecule has 0 spiro atoms. The number of aromatic nitrogens is 1. The van der Waals surface area contributed by atoms with Gasteiger partial charge in [0, 0.05) is 20.9 Å². The lowest BCUT2D eigenvalue weighted by Crippen LogP contribution is -2.42. The first kappa shape index (κ1) is 19.3. The summed E-state index contributed by atoms with van der Waals surface area (Å²) < 4.78 is 13.4. The summed E-state index contributed by atoms with van der Waals surface area (Å²) in [6, 6.07) is 9.73. The van der Waals surface area contributed by atoms with Crippen LogP contribution >= 0.6 is 34.4 Å². The van der Waals surface area contributed by atoms with Gasteiger partial charge in [-0.15, -0.1) is 23.1 Å². The molecule has 2 saturated carbocycles. The summed E-state index contributed by atoms with van der Waals surface area (Å²) >= 11 is 4.65. The Hall–Kier alpha value is -2.23. The maximum atomic E-state index is 13.5. The average Bonchev–Trinajstić information content (AvgIpc) is 3.57. The number of nitrogens with one attached hydrogen (secondary N) is 1. The van der Waals surface area contributed by atoms with Crippen LogP contribution in [0.15, 0.2) is 51.6 Å². The van der Waals surface area contributed by atoms with Gasteiger partial charge in [-0.3, -0.25) is 19.3 Å². The second kappa shape index (κ2) is 6.65. The molecule has 2 aliphatic carbocycles. The molecule has 7 rings (SSSR count). The van der Waals surface area contributed by atoms with E-state index in [0.717, 1.165) is 16.3 Å². The lowest BCUT2D eigenvalue weighted by atomic mass is 9.69. The molecule has 2 amide bonds. The molecule has 3 fully saturated rings. The quantitative estimate of drug-likeness (QED) is 0.550. The van der Waals surface area contributed by atoms with Crippen molar-refractivity contribution in [1.82, 2.24) is 4.98 Å². The van der Waals surface area contributed by atoms with Crippen molar-refractivity contribution in [2.75, 3.05) is 4.90 Å². The number of benzene rings is 1. The van der Waals surface area contributed by atoms with Crippen LogP contribution in [-0.4, -0.2) is 22.0 Å². The molecule has 1 N–H and O–H groups in total. The summed E-state index contributed by atoms with van der Waals surface area (Å²) in [4.78, 5) is 45.7. The van der Waals surface area contributed by atoms with E-state index < -0.39 is 5.82 Å². The number of thioether (sulfide) groups is 1. The largest absolute Gasteiger partial charge is 0.307 e. The Balaban J connectivity index is 1.32. The van der Waals surface area contributed by atoms with E-state index in [1.165, 1.54) is 45.4 Å². The molecule has 4 aliphatic rings. The number of hydrogen-bond acceptors (Lipinski definition) is 6. The van der Waals surface area contributed by atoms with Crippen molar-refractivity contribution >= 4 is 51.9 Å². The summed E-state index contributed by atoms with van der Waals surface area (Å²) in [5.41, 5.74) is 0.448. The first-order valence-corrected chi connectivity index (χ1v) is 13.2. The summed E-state index contributed by atoms with van der Waals surface area (Å²) in [5.74, 6) is -0.873. The fourth-order valence-corrected chi connectivity index (χ4v) is 10.5. The number of rotatable bonds is 2. The van der Waals surface area contributed by atoms with Crippen LogP contribution in [0, 0.1) is 35.4 Å². The number of imide groups is 1. The standard InChI is InChI=1S/C23H17FN2O3S3/c24-9-3-5-10(6-4-9)26-21(27)15-11-8-12(16(15)22(26)28)18-14(11)17(13-2-1-7-30-13)19-20(31-18)25-23(29)32-19/h1-7,11-12,14-18H,8H2,(H,25,29)/t11-,12-,14-,15-,16+,17-,18-/m1/s1. The smallest absolute Gasteiger partial charge is 0.305 e. The van der Waals surface area contributed by atoms with Crippen LogP contribution in [0.1, 0.15) is 22.1 Å². The van der Waals surface area contributed by atoms with E-state index in [1.54, 1.807) is 23.1 Å². The Labute approximate surface area is 194 Å². The van der Waals surface area contributed by atoms with Crippen molar-refractivity contribution in [2.24, 2.45) is 29.6 Å². The number of thiazole rings is 1. The van der Waals surface area contributed by atoms with Crippen molar-refractivity contribution in [2.45, 2.75) is 22.6 Å². The number of amides is 2. The SMILES string of the molecule is O=C1[C@@H]2[C@@H]3C[C@@H]([C@H]4Sc5[nH]c(=O)sc5[C@H](c5cccs5)[C@@H]34)[C@@H]2C(=O)N1c1ccc(F)cc1. The molecule has 0 unspecified atom stereocenters. The molecule has 32 heavy (non-hydrogen) atoms. The molecule has 1 saturated heterocycles. The summed E-state index contributed by atoms with van der Waals surface area (Å²) in [6.45, 7) is 0. The van der Waals surface area contributed by atoms with Gasteiger partial charge < -0.3 is 4.98 Å². The summed E-state index contributed by atoms with van der Waals surface area (Å²) in [5, 5.41) is 3.17. The Kier molecular flexibility index (Phi) is 4.00. The van der Waals surface area contributed by atoms with Gasteiger partial charge in [0.1, 0.15) is 5.82 Å². The predicted octanol–water partition coefficient (Wildman–Crippen LogP) is 4.31. The third-order valence-electron chi connectivity index (χ3n) is 7.66. The van der Waals surface area contributed by atoms with Crippen LogP contribution in [-0.2, 0) is 9.59 Å². The molecule has 2 bridgehead atoms. The number of halogens is 1. The molecule has 4 heterocycles. The maximum Gasteiger partial charge on any atom is 0.305 e. The van der Waals surface area contributed by atoms with Gasteiger partial charge in [-0.25, -0.2) is 4.39 Å². The fraction of sp³-hybridized carbons (Fsp3) is 0.348. The van der Waals surface area contributed by atoms with E-state index >= 15 is 0 Å². The zero-order valence-electron chi connectivity index (χ0n) is 16.6. The molecule has 0 radical (unpaired) electrons. The van der Waals surface area contributed by atoms with Crippen molar-refractivity contribution in [3.63, 3.8) is 0 Å². The lowest BCUT2D eigenvalue weighted by Gasteiger charge is -2.42. The summed E-state index contributed by atoms with van der Waals surface area (Å²) in [6.07, 6.45) is 0.869. The number of H-pyrrole nitrogens is 1. The molecular weight excluding hydrogens is 467 g/mol. The monoisotopic (exact) mass is 484 g/mol. The molecule has 2 aromatic heterocycles. The van der Waals surface area contributed by atoms with Crippen LogP contribution in [0.5, 0.6) is 0 Å². The average molecular weight is 485 g/mol. The molecular formula is C23H17FN2O3S3. The van der Waals surface area contributed by atoms with E-state index in [0.29, 0.717) is 5.69 Å². The van der Waals surface area contributed by atoms with Crippen LogP contribution in [0.3, 0.4) is 0 Å². The number of fused-ring (bicyclic) bond motifs is 9. The molecule has 162 valence electrons. The Morgan fingerprint density at radius 3 is 2.47 bits per heavy atom. The van der Waals surface area contributed by atoms with Crippen LogP contribution in [0.4, 0.5) is 10.1 Å². The van der Waals surface area contributed by atoms with E-state index in [9.17, 15) is 18.8 Å². The highest BCUT2D eigenvalue weighted by molar-refractivity contribution is 8.00. The highest BCUT2D eigenvalue weighted by Crippen LogP contribution is 2.68.